The minimum absolute atomic E-state index is 0.224. The number of hydrogen-bond donors (Lipinski definition) is 1. The third kappa shape index (κ3) is 3.41. The van der Waals surface area contributed by atoms with Crippen LogP contribution >= 0.6 is 22.9 Å². The van der Waals surface area contributed by atoms with Crippen LogP contribution in [0.5, 0.6) is 0 Å². The predicted octanol–water partition coefficient (Wildman–Crippen LogP) is 4.47. The quantitative estimate of drug-likeness (QED) is 0.737. The highest BCUT2D eigenvalue weighted by atomic mass is 35.5. The van der Waals surface area contributed by atoms with E-state index in [9.17, 15) is 8.42 Å². The minimum atomic E-state index is -3.68. The Bertz CT molecular complexity index is 944. The monoisotopic (exact) mass is 368 g/mol. The predicted molar refractivity (Wildman–Crippen MR) is 91.6 cm³/mol. The van der Waals surface area contributed by atoms with Gasteiger partial charge in [0.2, 0.25) is 0 Å². The number of hydrogen-bond acceptors (Lipinski definition) is 5. The van der Waals surface area contributed by atoms with Gasteiger partial charge in [-0.1, -0.05) is 16.8 Å². The van der Waals surface area contributed by atoms with E-state index in [-0.39, 0.29) is 4.90 Å². The zero-order valence-electron chi connectivity index (χ0n) is 12.3. The Balaban J connectivity index is 1.94. The molecule has 0 bridgehead atoms. The van der Waals surface area contributed by atoms with E-state index in [2.05, 4.69) is 9.88 Å². The molecule has 0 aliphatic carbocycles. The highest BCUT2D eigenvalue weighted by Crippen LogP contribution is 2.34. The second-order valence-corrected chi connectivity index (χ2v) is 8.32. The van der Waals surface area contributed by atoms with Gasteiger partial charge in [-0.05, 0) is 44.2 Å². The third-order valence-corrected chi connectivity index (χ3v) is 6.08. The Morgan fingerprint density at radius 2 is 1.87 bits per heavy atom. The summed E-state index contributed by atoms with van der Waals surface area (Å²) in [5.41, 5.74) is 1.20. The van der Waals surface area contributed by atoms with Crippen LogP contribution in [0.15, 0.2) is 45.8 Å². The molecule has 0 unspecified atom stereocenters. The minimum Gasteiger partial charge on any atom is -0.355 e. The first kappa shape index (κ1) is 16.0. The molecule has 0 radical (unpaired) electrons. The molecular formula is C15H13ClN2O3S2. The number of aromatic nitrogens is 1. The maximum absolute atomic E-state index is 12.6. The van der Waals surface area contributed by atoms with Crippen LogP contribution in [-0.2, 0) is 10.0 Å². The summed E-state index contributed by atoms with van der Waals surface area (Å²) in [4.78, 5) is 1.62. The van der Waals surface area contributed by atoms with Crippen molar-refractivity contribution in [3.63, 3.8) is 0 Å². The van der Waals surface area contributed by atoms with E-state index in [4.69, 9.17) is 16.1 Å². The number of thiophene rings is 1. The molecule has 0 spiro atoms. The number of nitrogens with zero attached hydrogens (tertiary/aromatic N) is 1. The number of aryl methyl sites for hydroxylation is 2. The van der Waals surface area contributed by atoms with Crippen LogP contribution in [0.1, 0.15) is 10.6 Å². The molecule has 0 atom stereocenters. The van der Waals surface area contributed by atoms with Crippen LogP contribution in [0.2, 0.25) is 5.02 Å². The van der Waals surface area contributed by atoms with E-state index < -0.39 is 10.0 Å². The highest BCUT2D eigenvalue weighted by Gasteiger charge is 2.22. The Kier molecular flexibility index (Phi) is 4.18. The number of sulfonamides is 1. The number of halogens is 1. The molecule has 120 valence electrons. The lowest BCUT2D eigenvalue weighted by Gasteiger charge is -2.07. The molecule has 2 heterocycles. The molecule has 0 aliphatic heterocycles. The molecule has 23 heavy (non-hydrogen) atoms. The van der Waals surface area contributed by atoms with Crippen LogP contribution < -0.4 is 4.72 Å². The van der Waals surface area contributed by atoms with Crippen LogP contribution in [0, 0.1) is 13.8 Å². The summed E-state index contributed by atoms with van der Waals surface area (Å²) < 4.78 is 32.9. The first-order valence-corrected chi connectivity index (χ1v) is 9.35. The van der Waals surface area contributed by atoms with Gasteiger partial charge in [0.25, 0.3) is 10.0 Å². The van der Waals surface area contributed by atoms with Crippen molar-refractivity contribution in [3.8, 4) is 10.6 Å². The molecule has 2 aromatic heterocycles. The SMILES string of the molecule is Cc1cc(-c2cc(S(=O)(=O)Nc3ccc(Cl)cc3)c(C)s2)on1. The summed E-state index contributed by atoms with van der Waals surface area (Å²) in [6.45, 7) is 3.57. The molecule has 3 rings (SSSR count). The molecule has 0 amide bonds. The van der Waals surface area contributed by atoms with E-state index in [1.54, 1.807) is 43.3 Å². The lowest BCUT2D eigenvalue weighted by Crippen LogP contribution is -2.12. The van der Waals surface area contributed by atoms with Gasteiger partial charge in [-0.15, -0.1) is 11.3 Å². The Morgan fingerprint density at radius 3 is 2.48 bits per heavy atom. The zero-order chi connectivity index (χ0) is 16.6. The standard InChI is InChI=1S/C15H13ClN2O3S2/c1-9-7-13(21-17-9)14-8-15(10(2)22-14)23(19,20)18-12-5-3-11(16)4-6-12/h3-8,18H,1-2H3. The Labute approximate surface area is 142 Å². The Hall–Kier alpha value is -1.83. The number of nitrogens with one attached hydrogen (secondary N) is 1. The van der Waals surface area contributed by atoms with Gasteiger partial charge in [0.05, 0.1) is 10.6 Å². The lowest BCUT2D eigenvalue weighted by atomic mass is 10.3. The summed E-state index contributed by atoms with van der Waals surface area (Å²) in [6, 6.07) is 9.85. The van der Waals surface area contributed by atoms with Crippen molar-refractivity contribution >= 4 is 38.6 Å². The molecule has 3 aromatic rings. The lowest BCUT2D eigenvalue weighted by molar-refractivity contribution is 0.428. The number of benzene rings is 1. The van der Waals surface area contributed by atoms with Gasteiger partial charge in [0.1, 0.15) is 4.90 Å². The zero-order valence-corrected chi connectivity index (χ0v) is 14.7. The third-order valence-electron chi connectivity index (χ3n) is 3.13. The smallest absolute Gasteiger partial charge is 0.263 e. The molecule has 5 nitrogen and oxygen atoms in total. The largest absolute Gasteiger partial charge is 0.355 e. The molecule has 0 saturated carbocycles. The second kappa shape index (κ2) is 5.99. The number of anilines is 1. The molecule has 0 saturated heterocycles. The first-order chi connectivity index (χ1) is 10.8. The average Bonchev–Trinajstić information content (AvgIpc) is 3.07. The molecule has 1 aromatic carbocycles. The summed E-state index contributed by atoms with van der Waals surface area (Å²) in [6.07, 6.45) is 0. The van der Waals surface area contributed by atoms with Crippen LogP contribution in [0.3, 0.4) is 0 Å². The average molecular weight is 369 g/mol. The van der Waals surface area contributed by atoms with Crippen LogP contribution in [0.25, 0.3) is 10.6 Å². The van der Waals surface area contributed by atoms with Crippen LogP contribution in [-0.4, -0.2) is 13.6 Å². The topological polar surface area (TPSA) is 72.2 Å². The van der Waals surface area contributed by atoms with Gasteiger partial charge in [-0.2, -0.15) is 0 Å². The van der Waals surface area contributed by atoms with Crippen molar-refractivity contribution in [3.05, 3.63) is 52.0 Å². The van der Waals surface area contributed by atoms with E-state index in [0.717, 1.165) is 10.6 Å². The van der Waals surface area contributed by atoms with E-state index in [0.29, 0.717) is 21.3 Å². The van der Waals surface area contributed by atoms with Crippen LogP contribution in [0.4, 0.5) is 5.69 Å². The van der Waals surface area contributed by atoms with E-state index in [1.165, 1.54) is 11.3 Å². The fourth-order valence-electron chi connectivity index (χ4n) is 2.06. The maximum atomic E-state index is 12.6. The van der Waals surface area contributed by atoms with Gasteiger partial charge < -0.3 is 4.52 Å². The summed E-state index contributed by atoms with van der Waals surface area (Å²) in [5, 5.41) is 4.37. The second-order valence-electron chi connectivity index (χ2n) is 4.98. The van der Waals surface area contributed by atoms with Crippen molar-refractivity contribution in [2.24, 2.45) is 0 Å². The normalized spacial score (nSPS) is 11.6. The van der Waals surface area contributed by atoms with Crippen molar-refractivity contribution < 1.29 is 12.9 Å². The molecule has 1 N–H and O–H groups in total. The highest BCUT2D eigenvalue weighted by molar-refractivity contribution is 7.93. The van der Waals surface area contributed by atoms with Gasteiger partial charge in [0.15, 0.2) is 5.76 Å². The summed E-state index contributed by atoms with van der Waals surface area (Å²) in [5.74, 6) is 0.559. The van der Waals surface area contributed by atoms with E-state index in [1.807, 2.05) is 6.92 Å². The number of rotatable bonds is 4. The Morgan fingerprint density at radius 1 is 1.17 bits per heavy atom. The van der Waals surface area contributed by atoms with Gasteiger partial charge >= 0.3 is 0 Å². The van der Waals surface area contributed by atoms with Crippen molar-refractivity contribution in [1.29, 1.82) is 0 Å². The molecular weight excluding hydrogens is 356 g/mol. The summed E-state index contributed by atoms with van der Waals surface area (Å²) in [7, 11) is -3.68. The van der Waals surface area contributed by atoms with Crippen molar-refractivity contribution in [1.82, 2.24) is 5.16 Å². The van der Waals surface area contributed by atoms with E-state index >= 15 is 0 Å². The van der Waals surface area contributed by atoms with Gasteiger partial charge in [0, 0.05) is 21.7 Å². The fourth-order valence-corrected chi connectivity index (χ4v) is 4.79. The summed E-state index contributed by atoms with van der Waals surface area (Å²) >= 11 is 7.15. The molecule has 0 fully saturated rings. The van der Waals surface area contributed by atoms with Crippen molar-refractivity contribution in [2.75, 3.05) is 4.72 Å². The van der Waals surface area contributed by atoms with Gasteiger partial charge in [-0.25, -0.2) is 8.42 Å². The molecule has 8 heteroatoms. The first-order valence-electron chi connectivity index (χ1n) is 6.68. The molecule has 0 aliphatic rings. The maximum Gasteiger partial charge on any atom is 0.263 e. The fraction of sp³-hybridized carbons (Fsp3) is 0.133. The van der Waals surface area contributed by atoms with Crippen molar-refractivity contribution in [2.45, 2.75) is 18.7 Å². The van der Waals surface area contributed by atoms with Gasteiger partial charge in [-0.3, -0.25) is 4.72 Å².